The number of nitrogens with zero attached hydrogens (tertiary/aromatic N) is 1. The Kier molecular flexibility index (Phi) is 5.61. The largest absolute Gasteiger partial charge is 0.379 e. The van der Waals surface area contributed by atoms with Crippen molar-refractivity contribution in [3.05, 3.63) is 12.7 Å². The van der Waals surface area contributed by atoms with Crippen LogP contribution >= 0.6 is 0 Å². The van der Waals surface area contributed by atoms with Gasteiger partial charge in [-0.25, -0.2) is 0 Å². The molecule has 1 aliphatic heterocycles. The Morgan fingerprint density at radius 2 is 2.10 bits per heavy atom. The second-order valence-electron chi connectivity index (χ2n) is 6.31. The van der Waals surface area contributed by atoms with Gasteiger partial charge in [-0.1, -0.05) is 25.3 Å². The van der Waals surface area contributed by atoms with Crippen LogP contribution in [0.5, 0.6) is 0 Å². The van der Waals surface area contributed by atoms with E-state index in [-0.39, 0.29) is 5.91 Å². The number of carbonyl (C=O) groups excluding carboxylic acids is 1. The lowest BCUT2D eigenvalue weighted by molar-refractivity contribution is -0.157. The fraction of sp³-hybridized carbons (Fsp3) is 0.812. The van der Waals surface area contributed by atoms with E-state index in [1.165, 1.54) is 32.1 Å². The Balaban J connectivity index is 1.89. The molecule has 0 unspecified atom stereocenters. The minimum atomic E-state index is -1.21. The van der Waals surface area contributed by atoms with Gasteiger partial charge in [0.25, 0.3) is 5.91 Å². The Morgan fingerprint density at radius 1 is 1.35 bits per heavy atom. The summed E-state index contributed by atoms with van der Waals surface area (Å²) in [5.41, 5.74) is -1.21. The van der Waals surface area contributed by atoms with E-state index >= 15 is 0 Å². The van der Waals surface area contributed by atoms with Gasteiger partial charge in [0.05, 0.1) is 0 Å². The summed E-state index contributed by atoms with van der Waals surface area (Å²) >= 11 is 0. The normalized spacial score (nSPS) is 28.6. The number of aliphatic hydroxyl groups is 1. The van der Waals surface area contributed by atoms with Crippen LogP contribution in [0.4, 0.5) is 0 Å². The standard InChI is InChI=1S/C16H28N2O2/c1-2-10-17-13-16(20)9-6-11-18(15(16)19)12-14-7-4-3-5-8-14/h2,14,17,20H,1,3-13H2/t16-/m0/s1. The zero-order valence-corrected chi connectivity index (χ0v) is 12.4. The molecule has 4 nitrogen and oxygen atoms in total. The summed E-state index contributed by atoms with van der Waals surface area (Å²) in [4.78, 5) is 14.4. The molecule has 2 fully saturated rings. The first-order valence-corrected chi connectivity index (χ1v) is 7.99. The molecule has 1 saturated carbocycles. The molecule has 0 spiro atoms. The number of amides is 1. The lowest BCUT2D eigenvalue weighted by Crippen LogP contribution is -2.58. The Labute approximate surface area is 122 Å². The van der Waals surface area contributed by atoms with Crippen molar-refractivity contribution in [3.63, 3.8) is 0 Å². The molecule has 1 amide bonds. The molecule has 114 valence electrons. The van der Waals surface area contributed by atoms with E-state index < -0.39 is 5.60 Å². The van der Waals surface area contributed by atoms with E-state index in [4.69, 9.17) is 0 Å². The van der Waals surface area contributed by atoms with E-state index in [0.29, 0.717) is 25.4 Å². The van der Waals surface area contributed by atoms with Gasteiger partial charge in [-0.3, -0.25) is 4.79 Å². The molecule has 1 atom stereocenters. The number of likely N-dealkylation sites (tertiary alicyclic amines) is 1. The second kappa shape index (κ2) is 7.23. The lowest BCUT2D eigenvalue weighted by Gasteiger charge is -2.40. The average Bonchev–Trinajstić information content (AvgIpc) is 2.46. The van der Waals surface area contributed by atoms with Crippen LogP contribution in [0.3, 0.4) is 0 Å². The summed E-state index contributed by atoms with van der Waals surface area (Å²) in [7, 11) is 0. The molecule has 0 aromatic carbocycles. The third-order valence-corrected chi connectivity index (χ3v) is 4.61. The predicted octanol–water partition coefficient (Wildman–Crippen LogP) is 1.70. The lowest BCUT2D eigenvalue weighted by atomic mass is 9.86. The fourth-order valence-electron chi connectivity index (χ4n) is 3.47. The molecule has 2 rings (SSSR count). The maximum atomic E-state index is 12.5. The third kappa shape index (κ3) is 3.83. The topological polar surface area (TPSA) is 52.6 Å². The zero-order valence-electron chi connectivity index (χ0n) is 12.4. The van der Waals surface area contributed by atoms with E-state index in [2.05, 4.69) is 11.9 Å². The van der Waals surface area contributed by atoms with Crippen LogP contribution in [-0.4, -0.2) is 47.7 Å². The van der Waals surface area contributed by atoms with Crippen molar-refractivity contribution in [1.82, 2.24) is 10.2 Å². The molecular formula is C16H28N2O2. The first kappa shape index (κ1) is 15.5. The number of piperidine rings is 1. The highest BCUT2D eigenvalue weighted by Crippen LogP contribution is 2.28. The highest BCUT2D eigenvalue weighted by Gasteiger charge is 2.42. The first-order valence-electron chi connectivity index (χ1n) is 7.99. The van der Waals surface area contributed by atoms with Crippen molar-refractivity contribution >= 4 is 5.91 Å². The number of hydrogen-bond donors (Lipinski definition) is 2. The number of carbonyl (C=O) groups is 1. The molecule has 1 saturated heterocycles. The molecule has 0 aromatic rings. The first-order chi connectivity index (χ1) is 9.65. The van der Waals surface area contributed by atoms with Gasteiger partial charge >= 0.3 is 0 Å². The van der Waals surface area contributed by atoms with Crippen LogP contribution in [0, 0.1) is 5.92 Å². The highest BCUT2D eigenvalue weighted by atomic mass is 16.3. The van der Waals surface area contributed by atoms with E-state index in [1.54, 1.807) is 6.08 Å². The van der Waals surface area contributed by atoms with Crippen LogP contribution in [0.2, 0.25) is 0 Å². The summed E-state index contributed by atoms with van der Waals surface area (Å²) < 4.78 is 0. The van der Waals surface area contributed by atoms with E-state index in [9.17, 15) is 9.90 Å². The number of nitrogens with one attached hydrogen (secondary N) is 1. The third-order valence-electron chi connectivity index (χ3n) is 4.61. The Bertz CT molecular complexity index is 339. The summed E-state index contributed by atoms with van der Waals surface area (Å²) in [6.45, 7) is 6.23. The zero-order chi connectivity index (χ0) is 14.4. The molecular weight excluding hydrogens is 252 g/mol. The van der Waals surface area contributed by atoms with Crippen LogP contribution in [0.25, 0.3) is 0 Å². The molecule has 2 N–H and O–H groups in total. The molecule has 0 aromatic heterocycles. The van der Waals surface area contributed by atoms with Gasteiger partial charge in [0.2, 0.25) is 0 Å². The molecule has 2 aliphatic rings. The number of rotatable bonds is 6. The molecule has 0 radical (unpaired) electrons. The monoisotopic (exact) mass is 280 g/mol. The van der Waals surface area contributed by atoms with Crippen LogP contribution in [-0.2, 0) is 4.79 Å². The SMILES string of the molecule is C=CCNC[C@@]1(O)CCCN(CC2CCCCC2)C1=O. The van der Waals surface area contributed by atoms with Crippen molar-refractivity contribution in [3.8, 4) is 0 Å². The van der Waals surface area contributed by atoms with Crippen molar-refractivity contribution in [1.29, 1.82) is 0 Å². The van der Waals surface area contributed by atoms with Crippen LogP contribution in [0.1, 0.15) is 44.9 Å². The van der Waals surface area contributed by atoms with Gasteiger partial charge in [-0.05, 0) is 31.6 Å². The minimum absolute atomic E-state index is 0.0779. The maximum Gasteiger partial charge on any atom is 0.255 e. The summed E-state index contributed by atoms with van der Waals surface area (Å²) in [5, 5.41) is 13.7. The smallest absolute Gasteiger partial charge is 0.255 e. The highest BCUT2D eigenvalue weighted by molar-refractivity contribution is 5.86. The van der Waals surface area contributed by atoms with Crippen molar-refractivity contribution in [2.45, 2.75) is 50.5 Å². The summed E-state index contributed by atoms with van der Waals surface area (Å²) in [6, 6.07) is 0. The predicted molar refractivity (Wildman–Crippen MR) is 80.4 cm³/mol. The molecule has 1 aliphatic carbocycles. The van der Waals surface area contributed by atoms with E-state index in [0.717, 1.165) is 19.5 Å². The molecule has 20 heavy (non-hydrogen) atoms. The summed E-state index contributed by atoms with van der Waals surface area (Å²) in [5.74, 6) is 0.557. The average molecular weight is 280 g/mol. The quantitative estimate of drug-likeness (QED) is 0.575. The Hall–Kier alpha value is -0.870. The van der Waals surface area contributed by atoms with Gasteiger partial charge in [0.15, 0.2) is 5.60 Å². The summed E-state index contributed by atoms with van der Waals surface area (Å²) in [6.07, 6.45) is 9.59. The fourth-order valence-corrected chi connectivity index (χ4v) is 3.47. The van der Waals surface area contributed by atoms with Gasteiger partial charge in [-0.2, -0.15) is 0 Å². The molecule has 1 heterocycles. The van der Waals surface area contributed by atoms with Crippen molar-refractivity contribution < 1.29 is 9.90 Å². The maximum absolute atomic E-state index is 12.5. The van der Waals surface area contributed by atoms with Crippen molar-refractivity contribution in [2.75, 3.05) is 26.2 Å². The van der Waals surface area contributed by atoms with Gasteiger partial charge in [-0.15, -0.1) is 6.58 Å². The van der Waals surface area contributed by atoms with Gasteiger partial charge in [0, 0.05) is 26.2 Å². The number of hydrogen-bond acceptors (Lipinski definition) is 3. The second-order valence-corrected chi connectivity index (χ2v) is 6.31. The van der Waals surface area contributed by atoms with E-state index in [1.807, 2.05) is 4.90 Å². The van der Waals surface area contributed by atoms with Crippen molar-refractivity contribution in [2.24, 2.45) is 5.92 Å². The van der Waals surface area contributed by atoms with Crippen LogP contribution in [0.15, 0.2) is 12.7 Å². The minimum Gasteiger partial charge on any atom is -0.379 e. The van der Waals surface area contributed by atoms with Gasteiger partial charge in [0.1, 0.15) is 0 Å². The molecule has 0 bridgehead atoms. The molecule has 4 heteroatoms. The van der Waals surface area contributed by atoms with Gasteiger partial charge < -0.3 is 15.3 Å². The Morgan fingerprint density at radius 3 is 2.80 bits per heavy atom. The van der Waals surface area contributed by atoms with Crippen LogP contribution < -0.4 is 5.32 Å².